The van der Waals surface area contributed by atoms with Crippen molar-refractivity contribution in [2.75, 3.05) is 5.32 Å². The molecule has 0 unspecified atom stereocenters. The fourth-order valence-electron chi connectivity index (χ4n) is 3.20. The maximum Gasteiger partial charge on any atom is 0.224 e. The number of nitrogens with zero attached hydrogens (tertiary/aromatic N) is 6. The standard InChI is InChI=1S/C20H21N7O/c1-3-4-10-20(24-25-20)11-9-19(28)22-15-12-21-27(13-15)14-18-23-16-7-5-6-8-17(16)26(18)2/h1,5-8,12-13H,4,9-11,14H2,2H3,(H,22,28). The summed E-state index contributed by atoms with van der Waals surface area (Å²) >= 11 is 0. The van der Waals surface area contributed by atoms with Crippen LogP contribution in [0.4, 0.5) is 5.69 Å². The third-order valence-corrected chi connectivity index (χ3v) is 4.91. The van der Waals surface area contributed by atoms with Gasteiger partial charge in [-0.25, -0.2) is 4.98 Å². The third kappa shape index (κ3) is 3.78. The maximum absolute atomic E-state index is 12.2. The van der Waals surface area contributed by atoms with Gasteiger partial charge < -0.3 is 9.88 Å². The van der Waals surface area contributed by atoms with Crippen molar-refractivity contribution in [1.29, 1.82) is 0 Å². The average molecular weight is 375 g/mol. The van der Waals surface area contributed by atoms with E-state index in [1.54, 1.807) is 17.1 Å². The fourth-order valence-corrected chi connectivity index (χ4v) is 3.20. The summed E-state index contributed by atoms with van der Waals surface area (Å²) in [6.07, 6.45) is 11.0. The van der Waals surface area contributed by atoms with E-state index >= 15 is 0 Å². The van der Waals surface area contributed by atoms with Crippen LogP contribution in [0.15, 0.2) is 46.9 Å². The van der Waals surface area contributed by atoms with Crippen molar-refractivity contribution in [3.8, 4) is 12.3 Å². The van der Waals surface area contributed by atoms with Crippen molar-refractivity contribution in [2.45, 2.75) is 37.9 Å². The number of hydrogen-bond acceptors (Lipinski definition) is 5. The predicted octanol–water partition coefficient (Wildman–Crippen LogP) is 3.11. The van der Waals surface area contributed by atoms with E-state index in [0.29, 0.717) is 37.9 Å². The molecule has 3 aromatic rings. The molecule has 28 heavy (non-hydrogen) atoms. The lowest BCUT2D eigenvalue weighted by Crippen LogP contribution is -2.17. The Morgan fingerprint density at radius 3 is 2.86 bits per heavy atom. The molecule has 1 aliphatic rings. The molecule has 0 saturated carbocycles. The molecule has 1 amide bonds. The smallest absolute Gasteiger partial charge is 0.224 e. The van der Waals surface area contributed by atoms with Gasteiger partial charge in [0.15, 0.2) is 5.66 Å². The molecule has 0 aliphatic carbocycles. The number of anilines is 1. The Labute approximate surface area is 162 Å². The van der Waals surface area contributed by atoms with Gasteiger partial charge in [0.25, 0.3) is 0 Å². The van der Waals surface area contributed by atoms with Crippen LogP contribution in [-0.2, 0) is 18.4 Å². The van der Waals surface area contributed by atoms with E-state index in [4.69, 9.17) is 6.42 Å². The number of rotatable bonds is 8. The first-order chi connectivity index (χ1) is 13.6. The molecule has 4 rings (SSSR count). The number of carbonyl (C=O) groups is 1. The van der Waals surface area contributed by atoms with Crippen molar-refractivity contribution >= 4 is 22.6 Å². The largest absolute Gasteiger partial charge is 0.330 e. The van der Waals surface area contributed by atoms with E-state index in [2.05, 4.69) is 31.5 Å². The lowest BCUT2D eigenvalue weighted by Gasteiger charge is -2.08. The molecule has 1 aromatic carbocycles. The van der Waals surface area contributed by atoms with Crippen molar-refractivity contribution in [3.05, 3.63) is 42.5 Å². The summed E-state index contributed by atoms with van der Waals surface area (Å²) < 4.78 is 3.81. The molecule has 2 aromatic heterocycles. The van der Waals surface area contributed by atoms with E-state index in [9.17, 15) is 4.79 Å². The Kier molecular flexibility index (Phi) is 4.65. The van der Waals surface area contributed by atoms with Gasteiger partial charge in [0.2, 0.25) is 5.91 Å². The Morgan fingerprint density at radius 2 is 2.11 bits per heavy atom. The lowest BCUT2D eigenvalue weighted by molar-refractivity contribution is -0.116. The van der Waals surface area contributed by atoms with Gasteiger partial charge in [-0.1, -0.05) is 12.1 Å². The maximum atomic E-state index is 12.2. The Morgan fingerprint density at radius 1 is 1.29 bits per heavy atom. The zero-order valence-corrected chi connectivity index (χ0v) is 15.7. The van der Waals surface area contributed by atoms with Crippen molar-refractivity contribution in [3.63, 3.8) is 0 Å². The topological polar surface area (TPSA) is 89.5 Å². The van der Waals surface area contributed by atoms with Crippen molar-refractivity contribution in [2.24, 2.45) is 17.3 Å². The van der Waals surface area contributed by atoms with Gasteiger partial charge in [0.05, 0.1) is 29.5 Å². The zero-order valence-electron chi connectivity index (χ0n) is 15.7. The zero-order chi connectivity index (χ0) is 19.6. The Hall–Kier alpha value is -3.47. The lowest BCUT2D eigenvalue weighted by atomic mass is 10.0. The highest BCUT2D eigenvalue weighted by Gasteiger charge is 2.39. The molecule has 8 nitrogen and oxygen atoms in total. The quantitative estimate of drug-likeness (QED) is 0.614. The number of fused-ring (bicyclic) bond motifs is 1. The van der Waals surface area contributed by atoms with E-state index < -0.39 is 5.66 Å². The number of carbonyl (C=O) groups excluding carboxylic acids is 1. The van der Waals surface area contributed by atoms with E-state index in [-0.39, 0.29) is 5.91 Å². The van der Waals surface area contributed by atoms with E-state index in [1.807, 2.05) is 35.9 Å². The minimum Gasteiger partial charge on any atom is -0.330 e. The molecule has 142 valence electrons. The highest BCUT2D eigenvalue weighted by molar-refractivity contribution is 5.90. The number of benzene rings is 1. The number of hydrogen-bond donors (Lipinski definition) is 1. The Bertz CT molecular complexity index is 1080. The van der Waals surface area contributed by atoms with Crippen molar-refractivity contribution < 1.29 is 4.79 Å². The molecule has 0 saturated heterocycles. The van der Waals surface area contributed by atoms with E-state index in [0.717, 1.165) is 16.9 Å². The number of terminal acetylenes is 1. The number of imidazole rings is 1. The summed E-state index contributed by atoms with van der Waals surface area (Å²) in [7, 11) is 1.99. The van der Waals surface area contributed by atoms with E-state index in [1.165, 1.54) is 0 Å². The van der Waals surface area contributed by atoms with Crippen LogP contribution in [0.1, 0.15) is 31.5 Å². The first-order valence-corrected chi connectivity index (χ1v) is 9.19. The summed E-state index contributed by atoms with van der Waals surface area (Å²) in [5, 5.41) is 15.3. The third-order valence-electron chi connectivity index (χ3n) is 4.91. The molecular formula is C20H21N7O. The average Bonchev–Trinajstić information content (AvgIpc) is 3.23. The monoisotopic (exact) mass is 375 g/mol. The molecule has 0 radical (unpaired) electrons. The second-order valence-electron chi connectivity index (χ2n) is 6.94. The normalized spacial score (nSPS) is 14.1. The fraction of sp³-hybridized carbons (Fsp3) is 0.350. The van der Waals surface area contributed by atoms with Gasteiger partial charge in [-0.3, -0.25) is 9.48 Å². The van der Waals surface area contributed by atoms with Crippen LogP contribution >= 0.6 is 0 Å². The highest BCUT2D eigenvalue weighted by Crippen LogP contribution is 2.37. The number of aromatic nitrogens is 4. The van der Waals surface area contributed by atoms with Crippen LogP contribution in [0, 0.1) is 12.3 Å². The molecule has 0 spiro atoms. The SMILES string of the molecule is C#CCCC1(CCC(=O)Nc2cnn(Cc3nc4ccccc4n3C)c2)N=N1. The Balaban J connectivity index is 1.33. The molecule has 0 fully saturated rings. The molecular weight excluding hydrogens is 354 g/mol. The summed E-state index contributed by atoms with van der Waals surface area (Å²) in [4.78, 5) is 16.9. The predicted molar refractivity (Wildman–Crippen MR) is 106 cm³/mol. The van der Waals surface area contributed by atoms with Crippen LogP contribution in [-0.4, -0.2) is 30.9 Å². The number of amides is 1. The van der Waals surface area contributed by atoms with Crippen LogP contribution in [0.5, 0.6) is 0 Å². The number of para-hydroxylation sites is 2. The first-order valence-electron chi connectivity index (χ1n) is 9.19. The van der Waals surface area contributed by atoms with Gasteiger partial charge in [-0.15, -0.1) is 12.3 Å². The van der Waals surface area contributed by atoms with Crippen LogP contribution < -0.4 is 5.32 Å². The van der Waals surface area contributed by atoms with Crippen LogP contribution in [0.25, 0.3) is 11.0 Å². The molecule has 0 atom stereocenters. The summed E-state index contributed by atoms with van der Waals surface area (Å²) in [6, 6.07) is 7.99. The molecule has 8 heteroatoms. The minimum absolute atomic E-state index is 0.0836. The van der Waals surface area contributed by atoms with Gasteiger partial charge in [0, 0.05) is 38.9 Å². The van der Waals surface area contributed by atoms with Crippen LogP contribution in [0.3, 0.4) is 0 Å². The summed E-state index contributed by atoms with van der Waals surface area (Å²) in [5.74, 6) is 3.40. The highest BCUT2D eigenvalue weighted by atomic mass is 16.1. The summed E-state index contributed by atoms with van der Waals surface area (Å²) in [5.41, 5.74) is 2.25. The van der Waals surface area contributed by atoms with Gasteiger partial charge >= 0.3 is 0 Å². The number of aryl methyl sites for hydroxylation is 1. The molecule has 1 N–H and O–H groups in total. The van der Waals surface area contributed by atoms with Gasteiger partial charge in [0.1, 0.15) is 5.82 Å². The minimum atomic E-state index is -0.436. The second kappa shape index (κ2) is 7.27. The molecule has 1 aliphatic heterocycles. The van der Waals surface area contributed by atoms with Crippen LogP contribution in [0.2, 0.25) is 0 Å². The second-order valence-corrected chi connectivity index (χ2v) is 6.94. The molecule has 3 heterocycles. The van der Waals surface area contributed by atoms with Gasteiger partial charge in [-0.2, -0.15) is 15.3 Å². The van der Waals surface area contributed by atoms with Gasteiger partial charge in [-0.05, 0) is 12.1 Å². The summed E-state index contributed by atoms with van der Waals surface area (Å²) in [6.45, 7) is 0.522. The molecule has 0 bridgehead atoms. The number of nitrogens with one attached hydrogen (secondary N) is 1. The first kappa shape index (κ1) is 17.9. The van der Waals surface area contributed by atoms with Crippen molar-refractivity contribution in [1.82, 2.24) is 19.3 Å².